The van der Waals surface area contributed by atoms with Crippen molar-refractivity contribution in [3.63, 3.8) is 0 Å². The zero-order valence-electron chi connectivity index (χ0n) is 12.7. The second kappa shape index (κ2) is 7.15. The summed E-state index contributed by atoms with van der Waals surface area (Å²) in [6.45, 7) is 4.37. The van der Waals surface area contributed by atoms with Gasteiger partial charge in [-0.1, -0.05) is 38.1 Å². The molecule has 1 aromatic carbocycles. The van der Waals surface area contributed by atoms with Gasteiger partial charge in [0, 0.05) is 6.07 Å². The molecule has 1 heterocycles. The normalized spacial score (nSPS) is 12.4. The molecule has 1 atom stereocenters. The van der Waals surface area contributed by atoms with Crippen molar-refractivity contribution in [1.29, 1.82) is 0 Å². The number of ether oxygens (including phenoxy) is 1. The third-order valence-electron chi connectivity index (χ3n) is 3.52. The molecule has 0 radical (unpaired) electrons. The van der Waals surface area contributed by atoms with Crippen molar-refractivity contribution in [3.05, 3.63) is 53.5 Å². The van der Waals surface area contributed by atoms with Gasteiger partial charge in [0.15, 0.2) is 0 Å². The predicted octanol–water partition coefficient (Wildman–Crippen LogP) is 2.36. The average Bonchev–Trinajstić information content (AvgIpc) is 2.53. The number of rotatable bonds is 6. The minimum Gasteiger partial charge on any atom is -0.481 e. The molecule has 1 aromatic heterocycles. The first-order chi connectivity index (χ1) is 10.1. The van der Waals surface area contributed by atoms with E-state index >= 15 is 0 Å². The van der Waals surface area contributed by atoms with Crippen LogP contribution in [0, 0.1) is 0 Å². The quantitative estimate of drug-likeness (QED) is 0.630. The van der Waals surface area contributed by atoms with Gasteiger partial charge in [-0.15, -0.1) is 0 Å². The number of hydrazine groups is 1. The fourth-order valence-corrected chi connectivity index (χ4v) is 2.18. The van der Waals surface area contributed by atoms with Crippen LogP contribution in [0.5, 0.6) is 5.88 Å². The maximum atomic E-state index is 5.67. The number of nitrogens with one attached hydrogen (secondary N) is 1. The molecule has 2 aromatic rings. The van der Waals surface area contributed by atoms with E-state index in [0.717, 1.165) is 12.1 Å². The van der Waals surface area contributed by atoms with Crippen LogP contribution in [0.25, 0.3) is 0 Å². The topological polar surface area (TPSA) is 73.1 Å². The zero-order chi connectivity index (χ0) is 15.2. The van der Waals surface area contributed by atoms with Crippen molar-refractivity contribution in [1.82, 2.24) is 15.4 Å². The SMILES string of the molecule is COc1cc(C(Cc2ccc(C(C)C)cc2)NN)ncn1. The van der Waals surface area contributed by atoms with E-state index in [1.165, 1.54) is 17.5 Å². The molecule has 0 saturated carbocycles. The Morgan fingerprint density at radius 1 is 1.19 bits per heavy atom. The second-order valence-electron chi connectivity index (χ2n) is 5.30. The molecule has 5 nitrogen and oxygen atoms in total. The van der Waals surface area contributed by atoms with Crippen LogP contribution in [0.1, 0.15) is 42.6 Å². The van der Waals surface area contributed by atoms with Crippen LogP contribution in [0.3, 0.4) is 0 Å². The molecule has 0 bridgehead atoms. The molecule has 0 fully saturated rings. The van der Waals surface area contributed by atoms with Crippen LogP contribution in [0.15, 0.2) is 36.7 Å². The summed E-state index contributed by atoms with van der Waals surface area (Å²) < 4.78 is 5.12. The molecule has 3 N–H and O–H groups in total. The van der Waals surface area contributed by atoms with Gasteiger partial charge in [0.1, 0.15) is 6.33 Å². The standard InChI is InChI=1S/C16H22N4O/c1-11(2)13-6-4-12(5-7-13)8-15(20-17)14-9-16(21-3)19-10-18-14/h4-7,9-11,15,20H,8,17H2,1-3H3. The molecule has 0 aliphatic carbocycles. The van der Waals surface area contributed by atoms with Crippen molar-refractivity contribution in [2.75, 3.05) is 7.11 Å². The van der Waals surface area contributed by atoms with Gasteiger partial charge in [0.25, 0.3) is 0 Å². The summed E-state index contributed by atoms with van der Waals surface area (Å²) in [5.74, 6) is 6.74. The summed E-state index contributed by atoms with van der Waals surface area (Å²) in [4.78, 5) is 8.28. The first-order valence-corrected chi connectivity index (χ1v) is 7.05. The smallest absolute Gasteiger partial charge is 0.216 e. The van der Waals surface area contributed by atoms with E-state index in [1.54, 1.807) is 13.2 Å². The molecule has 0 aliphatic heterocycles. The van der Waals surface area contributed by atoms with Gasteiger partial charge in [-0.25, -0.2) is 9.97 Å². The number of nitrogens with zero attached hydrogens (tertiary/aromatic N) is 2. The second-order valence-corrected chi connectivity index (χ2v) is 5.30. The van der Waals surface area contributed by atoms with Crippen LogP contribution in [-0.2, 0) is 6.42 Å². The summed E-state index contributed by atoms with van der Waals surface area (Å²) in [5, 5.41) is 0. The highest BCUT2D eigenvalue weighted by Gasteiger charge is 2.13. The highest BCUT2D eigenvalue weighted by atomic mass is 16.5. The van der Waals surface area contributed by atoms with Crippen molar-refractivity contribution in [2.24, 2.45) is 5.84 Å². The maximum Gasteiger partial charge on any atom is 0.216 e. The lowest BCUT2D eigenvalue weighted by Crippen LogP contribution is -2.30. The molecular weight excluding hydrogens is 264 g/mol. The lowest BCUT2D eigenvalue weighted by atomic mass is 9.98. The van der Waals surface area contributed by atoms with Crippen LogP contribution in [0.4, 0.5) is 0 Å². The van der Waals surface area contributed by atoms with Crippen molar-refractivity contribution < 1.29 is 4.74 Å². The molecular formula is C16H22N4O. The maximum absolute atomic E-state index is 5.67. The highest BCUT2D eigenvalue weighted by Crippen LogP contribution is 2.20. The Morgan fingerprint density at radius 3 is 2.48 bits per heavy atom. The first-order valence-electron chi connectivity index (χ1n) is 7.05. The first kappa shape index (κ1) is 15.4. The fourth-order valence-electron chi connectivity index (χ4n) is 2.18. The summed E-state index contributed by atoms with van der Waals surface area (Å²) in [6.07, 6.45) is 2.25. The van der Waals surface area contributed by atoms with Gasteiger partial charge < -0.3 is 4.74 Å². The summed E-state index contributed by atoms with van der Waals surface area (Å²) in [6, 6.07) is 10.3. The van der Waals surface area contributed by atoms with Gasteiger partial charge in [0.05, 0.1) is 18.8 Å². The Balaban J connectivity index is 2.14. The fraction of sp³-hybridized carbons (Fsp3) is 0.375. The summed E-state index contributed by atoms with van der Waals surface area (Å²) in [5.41, 5.74) is 6.17. The Bertz CT molecular complexity index is 569. The van der Waals surface area contributed by atoms with Crippen LogP contribution < -0.4 is 16.0 Å². The molecule has 5 heteroatoms. The zero-order valence-corrected chi connectivity index (χ0v) is 12.7. The molecule has 0 amide bonds. The van der Waals surface area contributed by atoms with E-state index in [2.05, 4.69) is 53.5 Å². The van der Waals surface area contributed by atoms with Gasteiger partial charge in [-0.05, 0) is 23.5 Å². The van der Waals surface area contributed by atoms with Gasteiger partial charge >= 0.3 is 0 Å². The van der Waals surface area contributed by atoms with Gasteiger partial charge in [-0.3, -0.25) is 11.3 Å². The number of nitrogens with two attached hydrogens (primary N) is 1. The minimum atomic E-state index is -0.0770. The lowest BCUT2D eigenvalue weighted by molar-refractivity contribution is 0.393. The van der Waals surface area contributed by atoms with Gasteiger partial charge in [-0.2, -0.15) is 0 Å². The van der Waals surface area contributed by atoms with E-state index in [-0.39, 0.29) is 6.04 Å². The molecule has 21 heavy (non-hydrogen) atoms. The summed E-state index contributed by atoms with van der Waals surface area (Å²) >= 11 is 0. The number of hydrogen-bond acceptors (Lipinski definition) is 5. The third kappa shape index (κ3) is 4.00. The Kier molecular flexibility index (Phi) is 5.25. The number of aromatic nitrogens is 2. The number of hydrogen-bond donors (Lipinski definition) is 2. The molecule has 0 spiro atoms. The van der Waals surface area contributed by atoms with Crippen LogP contribution in [-0.4, -0.2) is 17.1 Å². The van der Waals surface area contributed by atoms with E-state index < -0.39 is 0 Å². The molecule has 0 saturated heterocycles. The third-order valence-corrected chi connectivity index (χ3v) is 3.52. The predicted molar refractivity (Wildman–Crippen MR) is 82.9 cm³/mol. The van der Waals surface area contributed by atoms with E-state index in [1.807, 2.05) is 0 Å². The highest BCUT2D eigenvalue weighted by molar-refractivity contribution is 5.27. The Morgan fingerprint density at radius 2 is 1.90 bits per heavy atom. The van der Waals surface area contributed by atoms with E-state index in [0.29, 0.717) is 11.8 Å². The minimum absolute atomic E-state index is 0.0770. The van der Waals surface area contributed by atoms with Gasteiger partial charge in [0.2, 0.25) is 5.88 Å². The van der Waals surface area contributed by atoms with Crippen LogP contribution >= 0.6 is 0 Å². The molecule has 1 unspecified atom stereocenters. The van der Waals surface area contributed by atoms with E-state index in [4.69, 9.17) is 10.6 Å². The molecule has 0 aliphatic rings. The lowest BCUT2D eigenvalue weighted by Gasteiger charge is -2.16. The Hall–Kier alpha value is -1.98. The summed E-state index contributed by atoms with van der Waals surface area (Å²) in [7, 11) is 1.58. The molecule has 112 valence electrons. The Labute approximate surface area is 125 Å². The number of methoxy groups -OCH3 is 1. The van der Waals surface area contributed by atoms with Crippen LogP contribution in [0.2, 0.25) is 0 Å². The molecule has 2 rings (SSSR count). The van der Waals surface area contributed by atoms with Crippen molar-refractivity contribution in [2.45, 2.75) is 32.2 Å². The largest absolute Gasteiger partial charge is 0.481 e. The van der Waals surface area contributed by atoms with E-state index in [9.17, 15) is 0 Å². The average molecular weight is 286 g/mol. The van der Waals surface area contributed by atoms with Crippen molar-refractivity contribution >= 4 is 0 Å². The van der Waals surface area contributed by atoms with Crippen molar-refractivity contribution in [3.8, 4) is 5.88 Å². The monoisotopic (exact) mass is 286 g/mol. The number of benzene rings is 1.